The highest BCUT2D eigenvalue weighted by molar-refractivity contribution is 5.92. The number of ether oxygens (including phenoxy) is 2. The van der Waals surface area contributed by atoms with Crippen molar-refractivity contribution in [1.29, 1.82) is 0 Å². The first-order chi connectivity index (χ1) is 21.5. The van der Waals surface area contributed by atoms with Crippen molar-refractivity contribution in [2.45, 2.75) is 90.5 Å². The van der Waals surface area contributed by atoms with Crippen LogP contribution in [0, 0.1) is 11.8 Å². The fourth-order valence-electron chi connectivity index (χ4n) is 6.02. The zero-order valence-electron chi connectivity index (χ0n) is 27.0. The van der Waals surface area contributed by atoms with E-state index in [2.05, 4.69) is 10.6 Å². The number of amides is 4. The molecule has 3 atom stereocenters. The first kappa shape index (κ1) is 33.8. The number of alkyl carbamates (subject to hydrolysis) is 1. The van der Waals surface area contributed by atoms with Gasteiger partial charge in [-0.15, -0.1) is 0 Å². The van der Waals surface area contributed by atoms with E-state index < -0.39 is 29.7 Å². The lowest BCUT2D eigenvalue weighted by Gasteiger charge is -2.34. The van der Waals surface area contributed by atoms with Crippen molar-refractivity contribution in [2.24, 2.45) is 11.8 Å². The van der Waals surface area contributed by atoms with Crippen LogP contribution in [0.4, 0.5) is 15.3 Å². The first-order valence-corrected chi connectivity index (χ1v) is 16.1. The Bertz CT molecular complexity index is 1280. The third-order valence-corrected chi connectivity index (χ3v) is 8.37. The molecule has 4 amide bonds. The predicted molar refractivity (Wildman–Crippen MR) is 172 cm³/mol. The second kappa shape index (κ2) is 15.8. The average molecular weight is 621 g/mol. The van der Waals surface area contributed by atoms with E-state index in [1.807, 2.05) is 60.7 Å². The van der Waals surface area contributed by atoms with Crippen molar-refractivity contribution in [3.05, 3.63) is 66.2 Å². The fraction of sp³-hybridized carbons (Fsp3) is 0.543. The number of nitrogens with zero attached hydrogens (tertiary/aromatic N) is 2. The Morgan fingerprint density at radius 1 is 0.933 bits per heavy atom. The highest BCUT2D eigenvalue weighted by Crippen LogP contribution is 2.29. The minimum Gasteiger partial charge on any atom is -0.445 e. The van der Waals surface area contributed by atoms with Crippen LogP contribution in [0.3, 0.4) is 0 Å². The second-order valence-corrected chi connectivity index (χ2v) is 13.2. The van der Waals surface area contributed by atoms with E-state index in [0.717, 1.165) is 37.7 Å². The maximum absolute atomic E-state index is 14.0. The molecule has 0 spiro atoms. The quantitative estimate of drug-likeness (QED) is 0.338. The number of hydrogen-bond donors (Lipinski definition) is 2. The number of anilines is 1. The summed E-state index contributed by atoms with van der Waals surface area (Å²) in [5.74, 6) is -0.899. The molecule has 4 rings (SSSR count). The summed E-state index contributed by atoms with van der Waals surface area (Å²) in [6.45, 7) is 8.09. The van der Waals surface area contributed by atoms with Crippen molar-refractivity contribution in [1.82, 2.24) is 15.1 Å². The molecule has 1 aliphatic heterocycles. The van der Waals surface area contributed by atoms with Crippen LogP contribution in [0.25, 0.3) is 0 Å². The summed E-state index contributed by atoms with van der Waals surface area (Å²) in [4.78, 5) is 56.7. The smallest absolute Gasteiger partial charge is 0.410 e. The first-order valence-electron chi connectivity index (χ1n) is 16.1. The molecule has 0 radical (unpaired) electrons. The van der Waals surface area contributed by atoms with Crippen LogP contribution >= 0.6 is 0 Å². The van der Waals surface area contributed by atoms with Crippen LogP contribution in [0.2, 0.25) is 0 Å². The Kier molecular flexibility index (Phi) is 11.8. The fourth-order valence-corrected chi connectivity index (χ4v) is 6.02. The van der Waals surface area contributed by atoms with Gasteiger partial charge in [-0.3, -0.25) is 9.59 Å². The molecule has 1 aliphatic carbocycles. The second-order valence-electron chi connectivity index (χ2n) is 13.2. The van der Waals surface area contributed by atoms with Crippen molar-refractivity contribution in [3.8, 4) is 0 Å². The molecule has 10 nitrogen and oxygen atoms in total. The molecule has 1 saturated heterocycles. The highest BCUT2D eigenvalue weighted by Gasteiger charge is 2.40. The Balaban J connectivity index is 1.47. The van der Waals surface area contributed by atoms with E-state index in [4.69, 9.17) is 9.47 Å². The molecule has 0 aromatic heterocycles. The molecule has 45 heavy (non-hydrogen) atoms. The van der Waals surface area contributed by atoms with Crippen LogP contribution in [-0.2, 0) is 25.7 Å². The molecule has 2 aromatic carbocycles. The van der Waals surface area contributed by atoms with Gasteiger partial charge in [0.15, 0.2) is 0 Å². The molecule has 2 N–H and O–H groups in total. The largest absolute Gasteiger partial charge is 0.445 e. The zero-order valence-corrected chi connectivity index (χ0v) is 27.0. The maximum Gasteiger partial charge on any atom is 0.410 e. The molecule has 1 heterocycles. The lowest BCUT2D eigenvalue weighted by molar-refractivity contribution is -0.134. The van der Waals surface area contributed by atoms with Crippen LogP contribution in [0.15, 0.2) is 60.7 Å². The van der Waals surface area contributed by atoms with Gasteiger partial charge in [0, 0.05) is 25.3 Å². The molecule has 10 heteroatoms. The molecule has 2 aliphatic rings. The lowest BCUT2D eigenvalue weighted by Crippen LogP contribution is -2.54. The number of carbonyl (C=O) groups is 4. The number of benzene rings is 2. The van der Waals surface area contributed by atoms with Gasteiger partial charge in [0.2, 0.25) is 11.8 Å². The number of para-hydroxylation sites is 1. The van der Waals surface area contributed by atoms with Gasteiger partial charge in [0.1, 0.15) is 18.2 Å². The van der Waals surface area contributed by atoms with Gasteiger partial charge in [0.25, 0.3) is 0 Å². The van der Waals surface area contributed by atoms with Crippen molar-refractivity contribution >= 4 is 29.7 Å². The van der Waals surface area contributed by atoms with Crippen LogP contribution in [0.5, 0.6) is 0 Å². The van der Waals surface area contributed by atoms with E-state index in [-0.39, 0.29) is 43.5 Å². The van der Waals surface area contributed by atoms with Crippen molar-refractivity contribution < 1.29 is 28.7 Å². The maximum atomic E-state index is 14.0. The normalized spacial score (nSPS) is 18.4. The molecule has 3 unspecified atom stereocenters. The lowest BCUT2D eigenvalue weighted by atomic mass is 9.83. The molecule has 0 bridgehead atoms. The highest BCUT2D eigenvalue weighted by atomic mass is 16.6. The summed E-state index contributed by atoms with van der Waals surface area (Å²) in [7, 11) is 0. The Hall–Kier alpha value is -4.08. The average Bonchev–Trinajstić information content (AvgIpc) is 3.51. The Morgan fingerprint density at radius 2 is 1.58 bits per heavy atom. The zero-order chi connectivity index (χ0) is 32.4. The summed E-state index contributed by atoms with van der Waals surface area (Å²) in [6.07, 6.45) is 4.24. The van der Waals surface area contributed by atoms with Gasteiger partial charge < -0.3 is 29.9 Å². The van der Waals surface area contributed by atoms with E-state index in [1.165, 1.54) is 0 Å². The minimum absolute atomic E-state index is 0.0199. The van der Waals surface area contributed by atoms with Gasteiger partial charge in [0.05, 0.1) is 12.0 Å². The SMILES string of the molecule is CC(CN(C(=O)OCc1ccccc1)C1CCN(C(=O)C(NC(=O)OC(C)(C)C)C2CCCCC2)C1)C(=O)Nc1ccccc1. The van der Waals surface area contributed by atoms with Crippen molar-refractivity contribution in [2.75, 3.05) is 25.0 Å². The van der Waals surface area contributed by atoms with Crippen LogP contribution in [0.1, 0.15) is 71.8 Å². The van der Waals surface area contributed by atoms with Crippen LogP contribution < -0.4 is 10.6 Å². The van der Waals surface area contributed by atoms with Gasteiger partial charge >= 0.3 is 12.2 Å². The molecule has 2 aromatic rings. The summed E-state index contributed by atoms with van der Waals surface area (Å²) in [5.41, 5.74) is 0.844. The van der Waals surface area contributed by atoms with E-state index in [0.29, 0.717) is 18.7 Å². The third-order valence-electron chi connectivity index (χ3n) is 8.37. The van der Waals surface area contributed by atoms with Gasteiger partial charge in [-0.05, 0) is 63.6 Å². The van der Waals surface area contributed by atoms with Gasteiger partial charge in [-0.2, -0.15) is 0 Å². The van der Waals surface area contributed by atoms with Crippen LogP contribution in [-0.4, -0.2) is 71.1 Å². The topological polar surface area (TPSA) is 117 Å². The Labute approximate surface area is 266 Å². The standard InChI is InChI=1S/C35H48N4O6/c1-25(31(40)36-28-18-12-7-13-19-28)22-39(34(43)44-24-26-14-8-5-9-15-26)29-20-21-38(23-29)32(41)30(27-16-10-6-11-17-27)37-33(42)45-35(2,3)4/h5,7-9,12-15,18-19,25,27,29-30H,6,10-11,16-17,20-24H2,1-4H3,(H,36,40)(H,37,42). The summed E-state index contributed by atoms with van der Waals surface area (Å²) >= 11 is 0. The van der Waals surface area contributed by atoms with E-state index in [1.54, 1.807) is 37.5 Å². The number of carbonyl (C=O) groups excluding carboxylic acids is 4. The molecule has 1 saturated carbocycles. The molecule has 2 fully saturated rings. The molecule has 244 valence electrons. The number of hydrogen-bond acceptors (Lipinski definition) is 6. The van der Waals surface area contributed by atoms with Crippen molar-refractivity contribution in [3.63, 3.8) is 0 Å². The Morgan fingerprint density at radius 3 is 2.22 bits per heavy atom. The summed E-state index contributed by atoms with van der Waals surface area (Å²) in [5, 5.41) is 5.80. The molecular formula is C35H48N4O6. The minimum atomic E-state index is -0.701. The predicted octanol–water partition coefficient (Wildman–Crippen LogP) is 5.97. The van der Waals surface area contributed by atoms with E-state index >= 15 is 0 Å². The monoisotopic (exact) mass is 620 g/mol. The number of likely N-dealkylation sites (tertiary alicyclic amines) is 1. The summed E-state index contributed by atoms with van der Waals surface area (Å²) < 4.78 is 11.2. The number of nitrogens with one attached hydrogen (secondary N) is 2. The third kappa shape index (κ3) is 10.2. The number of rotatable bonds is 10. The van der Waals surface area contributed by atoms with Gasteiger partial charge in [-0.1, -0.05) is 74.7 Å². The summed E-state index contributed by atoms with van der Waals surface area (Å²) in [6, 6.07) is 17.6. The van der Waals surface area contributed by atoms with Gasteiger partial charge in [-0.25, -0.2) is 9.59 Å². The molecular weight excluding hydrogens is 572 g/mol. The van der Waals surface area contributed by atoms with E-state index in [9.17, 15) is 19.2 Å².